The summed E-state index contributed by atoms with van der Waals surface area (Å²) < 4.78 is 23.4. The van der Waals surface area contributed by atoms with E-state index in [1.165, 1.54) is 0 Å². The number of hydrogen-bond donors (Lipinski definition) is 2. The molecule has 1 unspecified atom stereocenters. The van der Waals surface area contributed by atoms with Gasteiger partial charge in [-0.1, -0.05) is 18.2 Å². The van der Waals surface area contributed by atoms with Gasteiger partial charge in [0.1, 0.15) is 5.82 Å². The predicted molar refractivity (Wildman–Crippen MR) is 103 cm³/mol. The van der Waals surface area contributed by atoms with Crippen LogP contribution in [0.15, 0.2) is 48.7 Å². The maximum Gasteiger partial charge on any atom is 0.323 e. The summed E-state index contributed by atoms with van der Waals surface area (Å²) >= 11 is 0. The number of carbonyl (C=O) groups excluding carboxylic acids is 1. The molecule has 1 saturated heterocycles. The highest BCUT2D eigenvalue weighted by atomic mass is 32.2. The van der Waals surface area contributed by atoms with Gasteiger partial charge in [-0.25, -0.2) is 18.2 Å². The van der Waals surface area contributed by atoms with Gasteiger partial charge in [0, 0.05) is 18.3 Å². The van der Waals surface area contributed by atoms with Crippen LogP contribution < -0.4 is 15.5 Å². The molecule has 1 fully saturated rings. The Balaban J connectivity index is 1.63. The summed E-state index contributed by atoms with van der Waals surface area (Å²) in [4.78, 5) is 18.4. The van der Waals surface area contributed by atoms with E-state index in [9.17, 15) is 13.2 Å². The average Bonchev–Trinajstić information content (AvgIpc) is 2.97. The van der Waals surface area contributed by atoms with Gasteiger partial charge in [-0.05, 0) is 37.6 Å². The zero-order chi connectivity index (χ0) is 18.6. The van der Waals surface area contributed by atoms with Crippen molar-refractivity contribution in [2.75, 3.05) is 33.6 Å². The number of rotatable bonds is 5. The molecular weight excluding hydrogens is 352 g/mol. The molecule has 0 radical (unpaired) electrons. The number of para-hydroxylation sites is 1. The molecule has 1 aromatic heterocycles. The van der Waals surface area contributed by atoms with Crippen molar-refractivity contribution in [1.82, 2.24) is 4.98 Å². The largest absolute Gasteiger partial charge is 0.353 e. The number of urea groups is 1. The smallest absolute Gasteiger partial charge is 0.323 e. The fourth-order valence-corrected chi connectivity index (χ4v) is 4.80. The van der Waals surface area contributed by atoms with Gasteiger partial charge in [-0.2, -0.15) is 0 Å². The molecule has 0 aliphatic carbocycles. The maximum atomic E-state index is 12.0. The van der Waals surface area contributed by atoms with E-state index in [0.29, 0.717) is 30.2 Å². The van der Waals surface area contributed by atoms with E-state index in [1.807, 2.05) is 30.0 Å². The fraction of sp³-hybridized carbons (Fsp3) is 0.333. The van der Waals surface area contributed by atoms with Crippen LogP contribution >= 0.6 is 0 Å². The number of nitrogens with one attached hydrogen (secondary N) is 2. The van der Waals surface area contributed by atoms with Crippen molar-refractivity contribution in [3.8, 4) is 0 Å². The van der Waals surface area contributed by atoms with E-state index in [4.69, 9.17) is 0 Å². The Hall–Kier alpha value is -2.61. The highest BCUT2D eigenvalue weighted by Gasteiger charge is 2.32. The number of hydrogen-bond acceptors (Lipinski definition) is 5. The van der Waals surface area contributed by atoms with E-state index in [2.05, 4.69) is 15.6 Å². The standard InChI is InChI=1S/C18H22N4O3S/c1-2-22(16-10-11-26(24,25)13-16)17-9-8-15(12-19-17)21-18(23)20-14-6-4-3-5-7-14/h3-9,12,16H,2,10-11,13H2,1H3,(H2,20,21,23). The van der Waals surface area contributed by atoms with Gasteiger partial charge in [0.2, 0.25) is 0 Å². The molecule has 8 heteroatoms. The van der Waals surface area contributed by atoms with Crippen LogP contribution in [0.2, 0.25) is 0 Å². The Bertz CT molecular complexity index is 854. The highest BCUT2D eigenvalue weighted by molar-refractivity contribution is 7.91. The van der Waals surface area contributed by atoms with Crippen molar-refractivity contribution in [2.24, 2.45) is 0 Å². The van der Waals surface area contributed by atoms with Crippen molar-refractivity contribution in [3.63, 3.8) is 0 Å². The van der Waals surface area contributed by atoms with Gasteiger partial charge in [0.15, 0.2) is 9.84 Å². The molecule has 3 rings (SSSR count). The molecule has 0 spiro atoms. The number of nitrogens with zero attached hydrogens (tertiary/aromatic N) is 2. The number of pyridine rings is 1. The normalized spacial score (nSPS) is 18.3. The Kier molecular flexibility index (Phi) is 5.41. The number of aromatic nitrogens is 1. The van der Waals surface area contributed by atoms with Crippen LogP contribution in [0.1, 0.15) is 13.3 Å². The third-order valence-electron chi connectivity index (χ3n) is 4.32. The minimum absolute atomic E-state index is 0.0438. The first-order chi connectivity index (χ1) is 12.5. The molecule has 2 N–H and O–H groups in total. The van der Waals surface area contributed by atoms with Gasteiger partial charge in [0.25, 0.3) is 0 Å². The lowest BCUT2D eigenvalue weighted by molar-refractivity contribution is 0.262. The molecule has 2 amide bonds. The summed E-state index contributed by atoms with van der Waals surface area (Å²) in [5, 5.41) is 5.47. The lowest BCUT2D eigenvalue weighted by Gasteiger charge is -2.28. The quantitative estimate of drug-likeness (QED) is 0.840. The van der Waals surface area contributed by atoms with Crippen LogP contribution in [0.3, 0.4) is 0 Å². The van der Waals surface area contributed by atoms with Crippen molar-refractivity contribution in [2.45, 2.75) is 19.4 Å². The number of benzene rings is 1. The summed E-state index contributed by atoms with van der Waals surface area (Å²) in [6, 6.07) is 12.3. The van der Waals surface area contributed by atoms with Gasteiger partial charge in [0.05, 0.1) is 23.4 Å². The zero-order valence-corrected chi connectivity index (χ0v) is 15.4. The second-order valence-corrected chi connectivity index (χ2v) is 8.42. The zero-order valence-electron chi connectivity index (χ0n) is 14.6. The SMILES string of the molecule is CCN(c1ccc(NC(=O)Nc2ccccc2)cn1)C1CCS(=O)(=O)C1. The van der Waals surface area contributed by atoms with E-state index >= 15 is 0 Å². The molecule has 7 nitrogen and oxygen atoms in total. The van der Waals surface area contributed by atoms with Crippen LogP contribution in [0, 0.1) is 0 Å². The predicted octanol–water partition coefficient (Wildman–Crippen LogP) is 2.74. The summed E-state index contributed by atoms with van der Waals surface area (Å²) in [6.07, 6.45) is 2.20. The molecule has 1 aliphatic heterocycles. The second kappa shape index (κ2) is 7.74. The van der Waals surface area contributed by atoms with Crippen molar-refractivity contribution in [3.05, 3.63) is 48.7 Å². The van der Waals surface area contributed by atoms with Crippen LogP contribution in [0.25, 0.3) is 0 Å². The summed E-state index contributed by atoms with van der Waals surface area (Å²) in [6.45, 7) is 2.65. The third-order valence-corrected chi connectivity index (χ3v) is 6.07. The molecule has 2 heterocycles. The number of sulfone groups is 1. The maximum absolute atomic E-state index is 12.0. The van der Waals surface area contributed by atoms with Gasteiger partial charge in [-0.15, -0.1) is 0 Å². The minimum atomic E-state index is -2.95. The molecule has 26 heavy (non-hydrogen) atoms. The van der Waals surface area contributed by atoms with Crippen molar-refractivity contribution < 1.29 is 13.2 Å². The van der Waals surface area contributed by atoms with Gasteiger partial charge < -0.3 is 15.5 Å². The lowest BCUT2D eigenvalue weighted by atomic mass is 10.2. The first-order valence-corrected chi connectivity index (χ1v) is 10.3. The topological polar surface area (TPSA) is 91.4 Å². The monoisotopic (exact) mass is 374 g/mol. The summed E-state index contributed by atoms with van der Waals surface area (Å²) in [5.74, 6) is 1.11. The van der Waals surface area contributed by atoms with Crippen molar-refractivity contribution in [1.29, 1.82) is 0 Å². The second-order valence-electron chi connectivity index (χ2n) is 6.19. The molecule has 0 saturated carbocycles. The number of anilines is 3. The van der Waals surface area contributed by atoms with Gasteiger partial charge >= 0.3 is 6.03 Å². The molecule has 138 valence electrons. The van der Waals surface area contributed by atoms with E-state index in [1.54, 1.807) is 30.5 Å². The Morgan fingerprint density at radius 2 is 1.88 bits per heavy atom. The summed E-state index contributed by atoms with van der Waals surface area (Å²) in [7, 11) is -2.95. The van der Waals surface area contributed by atoms with Gasteiger partial charge in [-0.3, -0.25) is 0 Å². The average molecular weight is 374 g/mol. The van der Waals surface area contributed by atoms with E-state index in [0.717, 1.165) is 0 Å². The first kappa shape index (κ1) is 18.2. The number of carbonyl (C=O) groups is 1. The molecular formula is C18H22N4O3S. The Morgan fingerprint density at radius 1 is 1.15 bits per heavy atom. The van der Waals surface area contributed by atoms with Crippen molar-refractivity contribution >= 4 is 33.1 Å². The van der Waals surface area contributed by atoms with Crippen LogP contribution in [0.5, 0.6) is 0 Å². The van der Waals surface area contributed by atoms with Crippen LogP contribution in [0.4, 0.5) is 22.0 Å². The highest BCUT2D eigenvalue weighted by Crippen LogP contribution is 2.23. The van der Waals surface area contributed by atoms with E-state index < -0.39 is 9.84 Å². The van der Waals surface area contributed by atoms with Crippen LogP contribution in [-0.2, 0) is 9.84 Å². The third kappa shape index (κ3) is 4.51. The Labute approximate surface area is 153 Å². The molecule has 2 aromatic rings. The Morgan fingerprint density at radius 3 is 2.46 bits per heavy atom. The van der Waals surface area contributed by atoms with E-state index in [-0.39, 0.29) is 23.6 Å². The molecule has 1 aliphatic rings. The first-order valence-electron chi connectivity index (χ1n) is 8.53. The minimum Gasteiger partial charge on any atom is -0.353 e. The fourth-order valence-electron chi connectivity index (χ4n) is 3.07. The van der Waals surface area contributed by atoms with Crippen LogP contribution in [-0.4, -0.2) is 43.5 Å². The molecule has 1 atom stereocenters. The lowest BCUT2D eigenvalue weighted by Crippen LogP contribution is -2.36. The summed E-state index contributed by atoms with van der Waals surface area (Å²) in [5.41, 5.74) is 1.27. The number of amides is 2. The molecule has 1 aromatic carbocycles. The molecule has 0 bridgehead atoms.